The van der Waals surface area contributed by atoms with Crippen LogP contribution in [-0.4, -0.2) is 44.6 Å². The largest absolute Gasteiger partial charge is 0.243 e. The average Bonchev–Trinajstić information content (AvgIpc) is 3.08. The monoisotopic (exact) mass is 482 g/mol. The maximum absolute atomic E-state index is 13.4. The van der Waals surface area contributed by atoms with Crippen molar-refractivity contribution >= 4 is 20.0 Å². The lowest BCUT2D eigenvalue weighted by atomic mass is 10.2. The van der Waals surface area contributed by atoms with E-state index in [1.807, 2.05) is 13.8 Å². The Morgan fingerprint density at radius 1 is 0.875 bits per heavy atom. The highest BCUT2D eigenvalue weighted by atomic mass is 32.2. The van der Waals surface area contributed by atoms with Crippen LogP contribution in [0.5, 0.6) is 0 Å². The van der Waals surface area contributed by atoms with E-state index < -0.39 is 20.0 Å². The van der Waals surface area contributed by atoms with Crippen LogP contribution in [0.3, 0.4) is 0 Å². The Hall–Kier alpha value is -1.81. The van der Waals surface area contributed by atoms with Crippen LogP contribution >= 0.6 is 0 Å². The fraction of sp³-hybridized carbons (Fsp3) is 0.478. The van der Waals surface area contributed by atoms with Crippen molar-refractivity contribution in [3.05, 3.63) is 59.9 Å². The van der Waals surface area contributed by atoms with Gasteiger partial charge in [-0.05, 0) is 68.1 Å². The van der Waals surface area contributed by atoms with Crippen molar-refractivity contribution in [1.29, 1.82) is 0 Å². The van der Waals surface area contributed by atoms with Gasteiger partial charge in [-0.2, -0.15) is 8.61 Å². The lowest BCUT2D eigenvalue weighted by molar-refractivity contribution is 0.323. The molecule has 0 saturated carbocycles. The van der Waals surface area contributed by atoms with Gasteiger partial charge >= 0.3 is 0 Å². The van der Waals surface area contributed by atoms with Crippen LogP contribution in [-0.2, 0) is 26.6 Å². The molecule has 3 rings (SSSR count). The summed E-state index contributed by atoms with van der Waals surface area (Å²) in [5.74, 6) is -0.382. The van der Waals surface area contributed by atoms with Gasteiger partial charge in [0.15, 0.2) is 0 Å². The van der Waals surface area contributed by atoms with E-state index in [1.54, 1.807) is 12.1 Å². The van der Waals surface area contributed by atoms with Crippen LogP contribution in [0.1, 0.15) is 51.5 Å². The molecule has 1 aliphatic rings. The molecular formula is C23H31FN2O4S2. The summed E-state index contributed by atoms with van der Waals surface area (Å²) in [6.45, 7) is 4.79. The molecule has 176 valence electrons. The maximum Gasteiger partial charge on any atom is 0.243 e. The first-order valence-corrected chi connectivity index (χ1v) is 13.9. The van der Waals surface area contributed by atoms with E-state index in [2.05, 4.69) is 0 Å². The van der Waals surface area contributed by atoms with Crippen LogP contribution in [0.25, 0.3) is 0 Å². The first-order valence-electron chi connectivity index (χ1n) is 11.0. The summed E-state index contributed by atoms with van der Waals surface area (Å²) in [5, 5.41) is 0. The Balaban J connectivity index is 1.87. The van der Waals surface area contributed by atoms with Crippen molar-refractivity contribution in [2.24, 2.45) is 0 Å². The minimum absolute atomic E-state index is 0.0368. The molecule has 32 heavy (non-hydrogen) atoms. The van der Waals surface area contributed by atoms with Crippen molar-refractivity contribution < 1.29 is 21.2 Å². The van der Waals surface area contributed by atoms with E-state index in [1.165, 1.54) is 45.0 Å². The van der Waals surface area contributed by atoms with Gasteiger partial charge < -0.3 is 0 Å². The van der Waals surface area contributed by atoms with Crippen molar-refractivity contribution in [3.63, 3.8) is 0 Å². The van der Waals surface area contributed by atoms with Gasteiger partial charge in [0, 0.05) is 25.7 Å². The van der Waals surface area contributed by atoms with Crippen LogP contribution in [0, 0.1) is 5.82 Å². The molecule has 0 spiro atoms. The van der Waals surface area contributed by atoms with Crippen LogP contribution < -0.4 is 0 Å². The molecule has 1 atom stereocenters. The molecular weight excluding hydrogens is 451 g/mol. The van der Waals surface area contributed by atoms with Gasteiger partial charge in [0.05, 0.1) is 9.79 Å². The van der Waals surface area contributed by atoms with Crippen LogP contribution in [0.15, 0.2) is 58.3 Å². The third-order valence-corrected chi connectivity index (χ3v) is 9.85. The Labute approximate surface area is 191 Å². The van der Waals surface area contributed by atoms with Crippen molar-refractivity contribution in [2.75, 3.05) is 13.1 Å². The van der Waals surface area contributed by atoms with E-state index in [4.69, 9.17) is 0 Å². The topological polar surface area (TPSA) is 74.8 Å². The Morgan fingerprint density at radius 2 is 1.41 bits per heavy atom. The second-order valence-electron chi connectivity index (χ2n) is 8.22. The van der Waals surface area contributed by atoms with Gasteiger partial charge in [-0.15, -0.1) is 0 Å². The summed E-state index contributed by atoms with van der Waals surface area (Å²) in [6.07, 6.45) is 4.30. The zero-order valence-corrected chi connectivity index (χ0v) is 20.2. The molecule has 0 aromatic heterocycles. The molecule has 2 aromatic rings. The predicted octanol–water partition coefficient (Wildman–Crippen LogP) is 4.38. The molecule has 0 amide bonds. The number of halogens is 1. The van der Waals surface area contributed by atoms with E-state index in [0.29, 0.717) is 25.1 Å². The standard InChI is InChI=1S/C23H31FN2O4S2/c1-3-19(2)26(18-20-8-10-21(24)11-9-20)32(29,30)23-14-12-22(13-15-23)31(27,28)25-16-6-4-5-7-17-25/h8-15,19H,3-7,16-18H2,1-2H3/t19-/m1/s1. The fourth-order valence-electron chi connectivity index (χ4n) is 3.80. The summed E-state index contributed by atoms with van der Waals surface area (Å²) >= 11 is 0. The van der Waals surface area contributed by atoms with Gasteiger partial charge in [-0.1, -0.05) is 31.9 Å². The normalized spacial score (nSPS) is 17.2. The molecule has 1 fully saturated rings. The highest BCUT2D eigenvalue weighted by molar-refractivity contribution is 7.89. The maximum atomic E-state index is 13.4. The Kier molecular flexibility index (Phi) is 8.08. The molecule has 6 nitrogen and oxygen atoms in total. The van der Waals surface area contributed by atoms with E-state index >= 15 is 0 Å². The third kappa shape index (κ3) is 5.57. The lowest BCUT2D eigenvalue weighted by Gasteiger charge is -2.28. The first-order chi connectivity index (χ1) is 15.2. The number of rotatable bonds is 8. The van der Waals surface area contributed by atoms with Crippen molar-refractivity contribution in [3.8, 4) is 0 Å². The molecule has 9 heteroatoms. The molecule has 0 N–H and O–H groups in total. The van der Waals surface area contributed by atoms with E-state index in [9.17, 15) is 21.2 Å². The SMILES string of the molecule is CC[C@@H](C)N(Cc1ccc(F)cc1)S(=O)(=O)c1ccc(S(=O)(=O)N2CCCCCC2)cc1. The summed E-state index contributed by atoms with van der Waals surface area (Å²) in [7, 11) is -7.53. The van der Waals surface area contributed by atoms with Gasteiger partial charge in [0.1, 0.15) is 5.82 Å². The first kappa shape index (κ1) is 24.8. The molecule has 0 aliphatic carbocycles. The second kappa shape index (κ2) is 10.4. The summed E-state index contributed by atoms with van der Waals surface area (Å²) in [4.78, 5) is 0.140. The summed E-state index contributed by atoms with van der Waals surface area (Å²) in [6, 6.07) is 10.9. The van der Waals surface area contributed by atoms with Gasteiger partial charge in [-0.3, -0.25) is 0 Å². The molecule has 2 aromatic carbocycles. The summed E-state index contributed by atoms with van der Waals surface area (Å²) in [5.41, 5.74) is 0.677. The molecule has 0 unspecified atom stereocenters. The minimum atomic E-state index is -3.88. The zero-order valence-electron chi connectivity index (χ0n) is 18.6. The predicted molar refractivity (Wildman–Crippen MR) is 123 cm³/mol. The quantitative estimate of drug-likeness (QED) is 0.560. The Bertz CT molecular complexity index is 1090. The number of benzene rings is 2. The van der Waals surface area contributed by atoms with Gasteiger partial charge in [0.25, 0.3) is 0 Å². The third-order valence-electron chi connectivity index (χ3n) is 5.97. The molecule has 0 bridgehead atoms. The highest BCUT2D eigenvalue weighted by Crippen LogP contribution is 2.26. The summed E-state index contributed by atoms with van der Waals surface area (Å²) < 4.78 is 68.9. The number of sulfonamides is 2. The molecule has 1 aliphatic heterocycles. The van der Waals surface area contributed by atoms with E-state index in [0.717, 1.165) is 25.7 Å². The Morgan fingerprint density at radius 3 is 1.94 bits per heavy atom. The van der Waals surface area contributed by atoms with Crippen LogP contribution in [0.2, 0.25) is 0 Å². The number of hydrogen-bond donors (Lipinski definition) is 0. The smallest absolute Gasteiger partial charge is 0.207 e. The van der Waals surface area contributed by atoms with Crippen molar-refractivity contribution in [2.45, 2.75) is 68.3 Å². The highest BCUT2D eigenvalue weighted by Gasteiger charge is 2.30. The number of nitrogens with zero attached hydrogens (tertiary/aromatic N) is 2. The lowest BCUT2D eigenvalue weighted by Crippen LogP contribution is -2.37. The molecule has 0 radical (unpaired) electrons. The van der Waals surface area contributed by atoms with E-state index in [-0.39, 0.29) is 28.2 Å². The molecule has 1 heterocycles. The zero-order chi connectivity index (χ0) is 23.4. The van der Waals surface area contributed by atoms with Gasteiger partial charge in [0.2, 0.25) is 20.0 Å². The average molecular weight is 483 g/mol. The second-order valence-corrected chi connectivity index (χ2v) is 12.1. The van der Waals surface area contributed by atoms with Gasteiger partial charge in [-0.25, -0.2) is 21.2 Å². The van der Waals surface area contributed by atoms with Crippen molar-refractivity contribution in [1.82, 2.24) is 8.61 Å². The molecule has 1 saturated heterocycles. The fourth-order valence-corrected chi connectivity index (χ4v) is 7.01. The minimum Gasteiger partial charge on any atom is -0.207 e. The number of hydrogen-bond acceptors (Lipinski definition) is 4. The van der Waals surface area contributed by atoms with Crippen LogP contribution in [0.4, 0.5) is 4.39 Å².